The summed E-state index contributed by atoms with van der Waals surface area (Å²) in [6.45, 7) is 1.43. The molecule has 1 aliphatic heterocycles. The van der Waals surface area contributed by atoms with Crippen LogP contribution in [0.1, 0.15) is 44.2 Å². The zero-order chi connectivity index (χ0) is 37.8. The second kappa shape index (κ2) is 21.0. The highest BCUT2D eigenvalue weighted by Gasteiger charge is 2.21. The molecule has 53 heavy (non-hydrogen) atoms. The number of hydrogen-bond acceptors (Lipinski definition) is 11. The second-order valence-corrected chi connectivity index (χ2v) is 11.2. The first kappa shape index (κ1) is 39.3. The van der Waals surface area contributed by atoms with Crippen LogP contribution < -0.4 is 29.0 Å². The van der Waals surface area contributed by atoms with Crippen LogP contribution in [0, 0.1) is 0 Å². The fourth-order valence-corrected chi connectivity index (χ4v) is 4.95. The van der Waals surface area contributed by atoms with Gasteiger partial charge in [-0.05, 0) is 70.6 Å². The molecule has 12 heteroatoms. The quantitative estimate of drug-likeness (QED) is 0.105. The number of rotatable bonds is 12. The average Bonchev–Trinajstić information content (AvgIpc) is 3.22. The zero-order valence-electron chi connectivity index (χ0n) is 30.0. The van der Waals surface area contributed by atoms with E-state index in [4.69, 9.17) is 28.8 Å². The van der Waals surface area contributed by atoms with Crippen molar-refractivity contribution in [2.45, 2.75) is 19.1 Å². The Kier molecular flexibility index (Phi) is 15.5. The van der Waals surface area contributed by atoms with Gasteiger partial charge in [-0.25, -0.2) is 19.7 Å². The van der Waals surface area contributed by atoms with Crippen LogP contribution in [0.5, 0.6) is 29.1 Å². The number of aromatic nitrogens is 3. The highest BCUT2D eigenvalue weighted by atomic mass is 16.5. The number of aldehydes is 1. The highest BCUT2D eigenvalue weighted by molar-refractivity contribution is 5.85. The number of ether oxygens (including phenoxy) is 5. The molecule has 274 valence electrons. The molecule has 12 nitrogen and oxygen atoms in total. The van der Waals surface area contributed by atoms with Crippen LogP contribution in [0.3, 0.4) is 0 Å². The summed E-state index contributed by atoms with van der Waals surface area (Å²) >= 11 is 0. The number of carbonyl (C=O) groups excluding carboxylic acids is 1. The van der Waals surface area contributed by atoms with E-state index in [1.165, 1.54) is 43.8 Å². The number of pyridine rings is 3. The highest BCUT2D eigenvalue weighted by Crippen LogP contribution is 2.36. The molecule has 1 unspecified atom stereocenters. The van der Waals surface area contributed by atoms with E-state index < -0.39 is 5.97 Å². The Morgan fingerprint density at radius 3 is 1.85 bits per heavy atom. The van der Waals surface area contributed by atoms with E-state index in [0.29, 0.717) is 29.8 Å². The van der Waals surface area contributed by atoms with E-state index in [2.05, 4.69) is 56.7 Å². The van der Waals surface area contributed by atoms with E-state index in [9.17, 15) is 9.59 Å². The van der Waals surface area contributed by atoms with Gasteiger partial charge in [0, 0.05) is 55.0 Å². The van der Waals surface area contributed by atoms with Crippen LogP contribution in [0.15, 0.2) is 110 Å². The third-order valence-electron chi connectivity index (χ3n) is 7.70. The summed E-state index contributed by atoms with van der Waals surface area (Å²) in [4.78, 5) is 32.3. The number of nitrogens with zero attached hydrogens (tertiary/aromatic N) is 3. The largest absolute Gasteiger partial charge is 0.493 e. The van der Waals surface area contributed by atoms with Gasteiger partial charge in [-0.2, -0.15) is 0 Å². The van der Waals surface area contributed by atoms with E-state index in [0.717, 1.165) is 53.5 Å². The molecule has 0 amide bonds. The SMILES string of the molecule is COc1ccc(/C=C/C(=O)O)cn1.COc1ccc(/C=C/C2NCCc3cc(OCc4ccccc4)c(OC)cc32)cn1.COc1ccc(C=O)cn1. The van der Waals surface area contributed by atoms with Gasteiger partial charge in [-0.15, -0.1) is 0 Å². The van der Waals surface area contributed by atoms with E-state index in [1.54, 1.807) is 44.7 Å². The van der Waals surface area contributed by atoms with Crippen molar-refractivity contribution in [1.82, 2.24) is 20.3 Å². The number of hydrogen-bond donors (Lipinski definition) is 2. The molecule has 0 spiro atoms. The number of methoxy groups -OCH3 is 4. The lowest BCUT2D eigenvalue weighted by molar-refractivity contribution is -0.131. The summed E-state index contributed by atoms with van der Waals surface area (Å²) in [5.74, 6) is 2.19. The molecule has 6 rings (SSSR count). The van der Waals surface area contributed by atoms with Gasteiger partial charge in [-0.3, -0.25) is 4.79 Å². The van der Waals surface area contributed by atoms with Crippen molar-refractivity contribution < 1.29 is 38.4 Å². The average molecular weight is 719 g/mol. The Labute approximate surface area is 308 Å². The van der Waals surface area contributed by atoms with E-state index in [-0.39, 0.29) is 6.04 Å². The molecule has 0 radical (unpaired) electrons. The Morgan fingerprint density at radius 2 is 1.34 bits per heavy atom. The topological polar surface area (TPSA) is 151 Å². The molecule has 0 bridgehead atoms. The minimum atomic E-state index is -0.976. The maximum absolute atomic E-state index is 10.2. The molecule has 0 saturated heterocycles. The summed E-state index contributed by atoms with van der Waals surface area (Å²) in [5.41, 5.74) is 5.93. The minimum absolute atomic E-state index is 0.105. The predicted molar refractivity (Wildman–Crippen MR) is 202 cm³/mol. The lowest BCUT2D eigenvalue weighted by Crippen LogP contribution is -2.28. The Balaban J connectivity index is 0.000000223. The molecule has 2 N–H and O–H groups in total. The summed E-state index contributed by atoms with van der Waals surface area (Å²) < 4.78 is 26.5. The van der Waals surface area contributed by atoms with Crippen LogP contribution in [0.4, 0.5) is 0 Å². The van der Waals surface area contributed by atoms with Crippen LogP contribution >= 0.6 is 0 Å². The third-order valence-corrected chi connectivity index (χ3v) is 7.70. The number of carboxylic acid groups (broad SMARTS) is 1. The lowest BCUT2D eigenvalue weighted by Gasteiger charge is -2.26. The molecule has 5 aromatic rings. The number of benzene rings is 2. The Morgan fingerprint density at radius 1 is 0.755 bits per heavy atom. The van der Waals surface area contributed by atoms with Crippen molar-refractivity contribution in [3.8, 4) is 29.1 Å². The first-order valence-corrected chi connectivity index (χ1v) is 16.5. The molecule has 3 aromatic heterocycles. The van der Waals surface area contributed by atoms with Crippen LogP contribution in [0.2, 0.25) is 0 Å². The molecular weight excluding hydrogens is 676 g/mol. The number of carbonyl (C=O) groups is 2. The summed E-state index contributed by atoms with van der Waals surface area (Å²) in [6.07, 6.45) is 13.3. The standard InChI is InChI=1S/C25H26N2O3.C9H9NO3.C7H7NO2/c1-28-23-15-21-20(14-24(23)30-17-19-6-4-3-5-7-19)12-13-26-22(21)10-8-18-9-11-25(29-2)27-16-18;1-13-8-4-2-7(6-10-8)3-5-9(11)12;1-10-7-3-2-6(5-9)4-8-7/h3-11,14-16,22,26H,12-13,17H2,1-2H3;2-6H,1H3,(H,11,12);2-5H,1H3/b10-8+;5-3+;. The lowest BCUT2D eigenvalue weighted by atomic mass is 9.93. The fourth-order valence-electron chi connectivity index (χ4n) is 4.95. The minimum Gasteiger partial charge on any atom is -0.493 e. The molecular formula is C41H42N4O8. The molecule has 1 aliphatic rings. The van der Waals surface area contributed by atoms with Gasteiger partial charge < -0.3 is 34.1 Å². The van der Waals surface area contributed by atoms with Crippen LogP contribution in [-0.4, -0.2) is 67.3 Å². The number of nitrogens with one attached hydrogen (secondary N) is 1. The Bertz CT molecular complexity index is 1930. The van der Waals surface area contributed by atoms with Crippen molar-refractivity contribution in [1.29, 1.82) is 0 Å². The Hall–Kier alpha value is -6.53. The second-order valence-electron chi connectivity index (χ2n) is 11.2. The number of carboxylic acids is 1. The monoisotopic (exact) mass is 718 g/mol. The molecule has 0 saturated carbocycles. The van der Waals surface area contributed by atoms with Gasteiger partial charge in [0.05, 0.1) is 34.5 Å². The maximum atomic E-state index is 10.2. The molecule has 2 aromatic carbocycles. The van der Waals surface area contributed by atoms with Crippen LogP contribution in [-0.2, 0) is 17.8 Å². The molecule has 4 heterocycles. The first-order chi connectivity index (χ1) is 25.8. The van der Waals surface area contributed by atoms with Crippen molar-refractivity contribution in [2.75, 3.05) is 35.0 Å². The summed E-state index contributed by atoms with van der Waals surface area (Å²) in [7, 11) is 6.35. The molecule has 0 fully saturated rings. The van der Waals surface area contributed by atoms with Gasteiger partial charge in [0.1, 0.15) is 6.61 Å². The van der Waals surface area contributed by atoms with Crippen molar-refractivity contribution in [3.05, 3.63) is 143 Å². The number of fused-ring (bicyclic) bond motifs is 1. The zero-order valence-corrected chi connectivity index (χ0v) is 30.0. The van der Waals surface area contributed by atoms with Gasteiger partial charge in [0.15, 0.2) is 17.8 Å². The van der Waals surface area contributed by atoms with Gasteiger partial charge >= 0.3 is 5.97 Å². The van der Waals surface area contributed by atoms with Gasteiger partial charge in [0.25, 0.3) is 0 Å². The fraction of sp³-hybridized carbons (Fsp3) is 0.195. The number of aliphatic carboxylic acids is 1. The van der Waals surface area contributed by atoms with Crippen molar-refractivity contribution in [2.24, 2.45) is 0 Å². The van der Waals surface area contributed by atoms with Crippen molar-refractivity contribution in [3.63, 3.8) is 0 Å². The summed E-state index contributed by atoms with van der Waals surface area (Å²) in [6, 6.07) is 25.0. The van der Waals surface area contributed by atoms with E-state index in [1.807, 2.05) is 30.3 Å². The van der Waals surface area contributed by atoms with Gasteiger partial charge in [-0.1, -0.05) is 42.5 Å². The van der Waals surface area contributed by atoms with E-state index >= 15 is 0 Å². The summed E-state index contributed by atoms with van der Waals surface area (Å²) in [5, 5.41) is 11.9. The van der Waals surface area contributed by atoms with Gasteiger partial charge in [0.2, 0.25) is 17.6 Å². The smallest absolute Gasteiger partial charge is 0.328 e. The third kappa shape index (κ3) is 12.6. The maximum Gasteiger partial charge on any atom is 0.328 e. The molecule has 0 aliphatic carbocycles. The van der Waals surface area contributed by atoms with Crippen LogP contribution in [0.25, 0.3) is 12.2 Å². The molecule has 1 atom stereocenters. The van der Waals surface area contributed by atoms with Crippen molar-refractivity contribution >= 4 is 24.4 Å². The first-order valence-electron chi connectivity index (χ1n) is 16.5. The normalized spacial score (nSPS) is 13.0. The predicted octanol–water partition coefficient (Wildman–Crippen LogP) is 6.67.